The number of thiazole rings is 1. The number of aromatic amines is 1. The summed E-state index contributed by atoms with van der Waals surface area (Å²) in [7, 11) is -3.85. The van der Waals surface area contributed by atoms with Gasteiger partial charge in [-0.05, 0) is 19.9 Å². The molecule has 2 rings (SSSR count). The van der Waals surface area contributed by atoms with E-state index in [-0.39, 0.29) is 4.21 Å². The smallest absolute Gasteiger partial charge is 0.306 e. The lowest BCUT2D eigenvalue weighted by Gasteiger charge is -2.13. The summed E-state index contributed by atoms with van der Waals surface area (Å²) in [4.78, 5) is 13.2. The first kappa shape index (κ1) is 14.8. The normalized spacial score (nSPS) is 13.2. The maximum Gasteiger partial charge on any atom is 0.306 e. The van der Waals surface area contributed by atoms with Crippen LogP contribution in [-0.2, 0) is 10.0 Å². The van der Waals surface area contributed by atoms with Crippen molar-refractivity contribution in [1.29, 1.82) is 0 Å². The number of hydrogen-bond acceptors (Lipinski definition) is 5. The van der Waals surface area contributed by atoms with Crippen molar-refractivity contribution in [2.45, 2.75) is 24.2 Å². The second-order valence-electron chi connectivity index (χ2n) is 4.30. The van der Waals surface area contributed by atoms with Gasteiger partial charge in [-0.2, -0.15) is 0 Å². The molecule has 8 heteroatoms. The highest BCUT2D eigenvalue weighted by Crippen LogP contribution is 2.26. The quantitative estimate of drug-likeness (QED) is 0.798. The molecule has 0 aliphatic rings. The van der Waals surface area contributed by atoms with Crippen molar-refractivity contribution in [1.82, 2.24) is 4.98 Å². The average Bonchev–Trinajstić information content (AvgIpc) is 2.69. The average molecular weight is 314 g/mol. The van der Waals surface area contributed by atoms with Crippen molar-refractivity contribution >= 4 is 27.0 Å². The molecule has 0 saturated heterocycles. The first-order valence-electron chi connectivity index (χ1n) is 5.81. The molecule has 6 nitrogen and oxygen atoms in total. The topological polar surface area (TPSA) is 99.3 Å². The molecule has 1 atom stereocenters. The zero-order valence-corrected chi connectivity index (χ0v) is 12.5. The second-order valence-corrected chi connectivity index (χ2v) is 7.16. The van der Waals surface area contributed by atoms with Gasteiger partial charge in [0.05, 0.1) is 11.8 Å². The van der Waals surface area contributed by atoms with E-state index in [0.29, 0.717) is 28.3 Å². The van der Waals surface area contributed by atoms with Crippen LogP contribution < -0.4 is 9.60 Å². The summed E-state index contributed by atoms with van der Waals surface area (Å²) in [6, 6.07) is 6.56. The van der Waals surface area contributed by atoms with Crippen molar-refractivity contribution in [2.24, 2.45) is 0 Å². The third-order valence-corrected chi connectivity index (χ3v) is 5.65. The van der Waals surface area contributed by atoms with Crippen LogP contribution in [0.1, 0.15) is 24.3 Å². The zero-order valence-electron chi connectivity index (χ0n) is 10.9. The van der Waals surface area contributed by atoms with Gasteiger partial charge < -0.3 is 10.1 Å². The minimum Gasteiger partial charge on any atom is -0.389 e. The Kier molecular flexibility index (Phi) is 3.98. The molecule has 1 heterocycles. The molecule has 0 amide bonds. The Balaban J connectivity index is 2.44. The van der Waals surface area contributed by atoms with Gasteiger partial charge in [0.25, 0.3) is 10.0 Å². The van der Waals surface area contributed by atoms with Gasteiger partial charge in [0.15, 0.2) is 4.21 Å². The van der Waals surface area contributed by atoms with Crippen molar-refractivity contribution in [3.8, 4) is 0 Å². The molecule has 0 aliphatic carbocycles. The number of nitrogens with one attached hydrogen (secondary N) is 2. The number of aliphatic hydroxyl groups is 1. The lowest BCUT2D eigenvalue weighted by Crippen LogP contribution is -2.14. The summed E-state index contributed by atoms with van der Waals surface area (Å²) in [5.41, 5.74) is 1.06. The first-order chi connectivity index (χ1) is 9.31. The number of rotatable bonds is 4. The number of H-pyrrole nitrogens is 1. The van der Waals surface area contributed by atoms with Crippen molar-refractivity contribution in [2.75, 3.05) is 4.72 Å². The van der Waals surface area contributed by atoms with E-state index in [1.807, 2.05) is 0 Å². The Morgan fingerprint density at radius 3 is 2.55 bits per heavy atom. The number of hydrogen-bond donors (Lipinski definition) is 3. The predicted octanol–water partition coefficient (Wildman–Crippen LogP) is 1.60. The Labute approximate surface area is 120 Å². The van der Waals surface area contributed by atoms with E-state index < -0.39 is 21.0 Å². The molecule has 0 saturated carbocycles. The van der Waals surface area contributed by atoms with Gasteiger partial charge in [-0.3, -0.25) is 9.52 Å². The van der Waals surface area contributed by atoms with Crippen molar-refractivity contribution in [3.05, 3.63) is 45.2 Å². The number of aryl methyl sites for hydroxylation is 1. The number of aromatic nitrogens is 1. The van der Waals surface area contributed by atoms with Crippen LogP contribution >= 0.6 is 11.3 Å². The van der Waals surface area contributed by atoms with E-state index in [1.54, 1.807) is 31.2 Å². The van der Waals surface area contributed by atoms with Crippen LogP contribution in [0, 0.1) is 6.92 Å². The lowest BCUT2D eigenvalue weighted by molar-refractivity contribution is 0.200. The third kappa shape index (κ3) is 2.92. The number of benzene rings is 1. The van der Waals surface area contributed by atoms with Crippen LogP contribution in [0.3, 0.4) is 0 Å². The van der Waals surface area contributed by atoms with Gasteiger partial charge in [0.1, 0.15) is 0 Å². The summed E-state index contributed by atoms with van der Waals surface area (Å²) in [5, 5.41) is 9.64. The number of anilines is 1. The Morgan fingerprint density at radius 1 is 1.35 bits per heavy atom. The van der Waals surface area contributed by atoms with Crippen LogP contribution in [0.15, 0.2) is 33.3 Å². The minimum atomic E-state index is -3.85. The fourth-order valence-electron chi connectivity index (χ4n) is 1.79. The van der Waals surface area contributed by atoms with E-state index in [0.717, 1.165) is 0 Å². The zero-order chi connectivity index (χ0) is 14.9. The molecule has 0 spiro atoms. The molecule has 0 radical (unpaired) electrons. The molecule has 20 heavy (non-hydrogen) atoms. The van der Waals surface area contributed by atoms with Gasteiger partial charge in [-0.15, -0.1) is 0 Å². The van der Waals surface area contributed by atoms with E-state index in [2.05, 4.69) is 9.71 Å². The molecule has 1 aromatic heterocycles. The Morgan fingerprint density at radius 2 is 2.00 bits per heavy atom. The SMILES string of the molecule is Cc1[nH]c(=O)sc1S(=O)(=O)Nc1ccccc1C(C)O. The molecule has 3 N–H and O–H groups in total. The number of sulfonamides is 1. The van der Waals surface area contributed by atoms with Crippen molar-refractivity contribution < 1.29 is 13.5 Å². The standard InChI is InChI=1S/C12H14N2O4S2/c1-7-11(19-12(16)13-7)20(17,18)14-10-6-4-3-5-9(10)8(2)15/h3-6,8,14-15H,1-2H3,(H,13,16). The van der Waals surface area contributed by atoms with Gasteiger partial charge in [-0.1, -0.05) is 29.5 Å². The summed E-state index contributed by atoms with van der Waals surface area (Å²) in [5.74, 6) is 0. The van der Waals surface area contributed by atoms with Crippen LogP contribution in [0.4, 0.5) is 5.69 Å². The number of para-hydroxylation sites is 1. The number of aliphatic hydroxyl groups excluding tert-OH is 1. The van der Waals surface area contributed by atoms with Crippen molar-refractivity contribution in [3.63, 3.8) is 0 Å². The van der Waals surface area contributed by atoms with E-state index in [4.69, 9.17) is 0 Å². The third-order valence-electron chi connectivity index (χ3n) is 2.68. The Bertz CT molecular complexity index is 775. The van der Waals surface area contributed by atoms with Crippen LogP contribution in [0.5, 0.6) is 0 Å². The predicted molar refractivity (Wildman–Crippen MR) is 77.6 cm³/mol. The maximum absolute atomic E-state index is 12.3. The fraction of sp³-hybridized carbons (Fsp3) is 0.250. The molecular formula is C12H14N2O4S2. The summed E-state index contributed by atoms with van der Waals surface area (Å²) >= 11 is 0.631. The highest BCUT2D eigenvalue weighted by atomic mass is 32.2. The molecule has 0 aliphatic heterocycles. The molecule has 108 valence electrons. The summed E-state index contributed by atoms with van der Waals surface area (Å²) in [6.45, 7) is 3.07. The minimum absolute atomic E-state index is 0.0529. The van der Waals surface area contributed by atoms with E-state index in [9.17, 15) is 18.3 Å². The molecule has 2 aromatic rings. The maximum atomic E-state index is 12.3. The summed E-state index contributed by atoms with van der Waals surface area (Å²) in [6.07, 6.45) is -0.806. The van der Waals surface area contributed by atoms with Crippen LogP contribution in [0.2, 0.25) is 0 Å². The van der Waals surface area contributed by atoms with E-state index in [1.165, 1.54) is 6.92 Å². The van der Waals surface area contributed by atoms with Crippen LogP contribution in [-0.4, -0.2) is 18.5 Å². The second kappa shape index (κ2) is 5.39. The van der Waals surface area contributed by atoms with Gasteiger partial charge in [-0.25, -0.2) is 8.42 Å². The molecule has 0 bridgehead atoms. The highest BCUT2D eigenvalue weighted by Gasteiger charge is 2.22. The van der Waals surface area contributed by atoms with Gasteiger partial charge in [0, 0.05) is 11.3 Å². The summed E-state index contributed by atoms with van der Waals surface area (Å²) < 4.78 is 26.9. The molecular weight excluding hydrogens is 300 g/mol. The largest absolute Gasteiger partial charge is 0.389 e. The first-order valence-corrected chi connectivity index (χ1v) is 8.11. The molecule has 1 aromatic carbocycles. The monoisotopic (exact) mass is 314 g/mol. The van der Waals surface area contributed by atoms with E-state index >= 15 is 0 Å². The molecule has 1 unspecified atom stereocenters. The van der Waals surface area contributed by atoms with Crippen LogP contribution in [0.25, 0.3) is 0 Å². The molecule has 0 fully saturated rings. The highest BCUT2D eigenvalue weighted by molar-refractivity contribution is 7.94. The lowest BCUT2D eigenvalue weighted by atomic mass is 10.1. The fourth-order valence-corrected chi connectivity index (χ4v) is 4.18. The Hall–Kier alpha value is -1.64. The van der Waals surface area contributed by atoms with Gasteiger partial charge in [0.2, 0.25) is 0 Å². The van der Waals surface area contributed by atoms with Gasteiger partial charge >= 0.3 is 4.87 Å².